The van der Waals surface area contributed by atoms with E-state index in [-0.39, 0.29) is 0 Å². The lowest BCUT2D eigenvalue weighted by Crippen LogP contribution is -2.42. The number of hydrogen-bond acceptors (Lipinski definition) is 2. The first-order chi connectivity index (χ1) is 6.74. The molecule has 0 amide bonds. The molecule has 0 fully saturated rings. The minimum absolute atomic E-state index is 0.443. The Morgan fingerprint density at radius 2 is 1.67 bits per heavy atom. The highest BCUT2D eigenvalue weighted by atomic mass is 15.1. The van der Waals surface area contributed by atoms with Gasteiger partial charge in [-0.25, -0.2) is 0 Å². The maximum Gasteiger partial charge on any atom is 0.0237 e. The van der Waals surface area contributed by atoms with Gasteiger partial charge in [0.1, 0.15) is 0 Å². The number of rotatable bonds is 6. The molecule has 0 aromatic heterocycles. The number of likely N-dealkylation sites (N-methyl/N-ethyl adjacent to an activating group) is 1. The predicted octanol–water partition coefficient (Wildman–Crippen LogP) is 2.60. The van der Waals surface area contributed by atoms with E-state index in [9.17, 15) is 0 Å². The minimum Gasteiger partial charge on any atom is -0.315 e. The quantitative estimate of drug-likeness (QED) is 0.684. The average molecular weight is 214 g/mol. The van der Waals surface area contributed by atoms with Crippen molar-refractivity contribution in [3.8, 4) is 0 Å². The summed E-state index contributed by atoms with van der Waals surface area (Å²) < 4.78 is 0. The van der Waals surface area contributed by atoms with Crippen molar-refractivity contribution in [2.75, 3.05) is 27.2 Å². The zero-order valence-electron chi connectivity index (χ0n) is 11.7. The van der Waals surface area contributed by atoms with Gasteiger partial charge in [0.05, 0.1) is 0 Å². The van der Waals surface area contributed by atoms with Crippen LogP contribution >= 0.6 is 0 Å². The van der Waals surface area contributed by atoms with Crippen LogP contribution in [0.5, 0.6) is 0 Å². The highest BCUT2D eigenvalue weighted by molar-refractivity contribution is 4.73. The van der Waals surface area contributed by atoms with Gasteiger partial charge in [0.25, 0.3) is 0 Å². The van der Waals surface area contributed by atoms with E-state index in [0.717, 1.165) is 13.1 Å². The monoisotopic (exact) mass is 214 g/mol. The van der Waals surface area contributed by atoms with E-state index in [0.29, 0.717) is 17.4 Å². The largest absolute Gasteiger partial charge is 0.315 e. The second-order valence-corrected chi connectivity index (χ2v) is 6.29. The summed E-state index contributed by atoms with van der Waals surface area (Å²) in [4.78, 5) is 2.31. The van der Waals surface area contributed by atoms with Gasteiger partial charge >= 0.3 is 0 Å². The lowest BCUT2D eigenvalue weighted by atomic mass is 9.92. The van der Waals surface area contributed by atoms with Gasteiger partial charge in [-0.1, -0.05) is 34.6 Å². The van der Waals surface area contributed by atoms with Crippen LogP contribution in [-0.4, -0.2) is 38.1 Å². The molecule has 0 aromatic carbocycles. The van der Waals surface area contributed by atoms with Gasteiger partial charge in [-0.3, -0.25) is 0 Å². The summed E-state index contributed by atoms with van der Waals surface area (Å²) in [6.07, 6.45) is 1.24. The molecule has 1 N–H and O–H groups in total. The van der Waals surface area contributed by atoms with Crippen LogP contribution in [0.1, 0.15) is 41.0 Å². The van der Waals surface area contributed by atoms with Crippen molar-refractivity contribution in [1.82, 2.24) is 10.2 Å². The first-order valence-corrected chi connectivity index (χ1v) is 6.11. The normalized spacial score (nSPS) is 15.0. The Balaban J connectivity index is 3.73. The molecule has 0 saturated heterocycles. The summed E-state index contributed by atoms with van der Waals surface area (Å²) in [5.41, 5.74) is 0.443. The molecule has 1 unspecified atom stereocenters. The third-order valence-corrected chi connectivity index (χ3v) is 2.84. The van der Waals surface area contributed by atoms with E-state index in [2.05, 4.69) is 58.9 Å². The van der Waals surface area contributed by atoms with E-state index < -0.39 is 0 Å². The van der Waals surface area contributed by atoms with Gasteiger partial charge in [-0.05, 0) is 38.4 Å². The van der Waals surface area contributed by atoms with E-state index >= 15 is 0 Å². The van der Waals surface area contributed by atoms with Crippen LogP contribution in [0.25, 0.3) is 0 Å². The van der Waals surface area contributed by atoms with Gasteiger partial charge in [0.2, 0.25) is 0 Å². The van der Waals surface area contributed by atoms with Crippen LogP contribution in [0.4, 0.5) is 0 Å². The Hall–Kier alpha value is -0.0800. The number of nitrogens with one attached hydrogen (secondary N) is 1. The molecule has 0 spiro atoms. The second kappa shape index (κ2) is 6.49. The van der Waals surface area contributed by atoms with Crippen LogP contribution in [0.15, 0.2) is 0 Å². The zero-order chi connectivity index (χ0) is 12.1. The fourth-order valence-corrected chi connectivity index (χ4v) is 1.73. The molecule has 2 nitrogen and oxygen atoms in total. The maximum atomic E-state index is 3.56. The lowest BCUT2D eigenvalue weighted by Gasteiger charge is -2.28. The molecule has 1 atom stereocenters. The summed E-state index contributed by atoms with van der Waals surface area (Å²) in [6.45, 7) is 13.7. The molecule has 0 aromatic rings. The van der Waals surface area contributed by atoms with Crippen molar-refractivity contribution >= 4 is 0 Å². The third-order valence-electron chi connectivity index (χ3n) is 2.84. The Bertz CT molecular complexity index is 148. The smallest absolute Gasteiger partial charge is 0.0237 e. The molecule has 0 bridgehead atoms. The summed E-state index contributed by atoms with van der Waals surface area (Å²) in [7, 11) is 4.33. The number of nitrogens with zero attached hydrogens (tertiary/aromatic N) is 1. The van der Waals surface area contributed by atoms with Gasteiger partial charge in [0.15, 0.2) is 0 Å². The molecule has 0 radical (unpaired) electrons. The molecule has 0 rings (SSSR count). The van der Waals surface area contributed by atoms with Crippen molar-refractivity contribution in [1.29, 1.82) is 0 Å². The Morgan fingerprint density at radius 3 is 2.00 bits per heavy atom. The fraction of sp³-hybridized carbons (Fsp3) is 1.00. The highest BCUT2D eigenvalue weighted by Gasteiger charge is 2.15. The topological polar surface area (TPSA) is 15.3 Å². The molecule has 2 heteroatoms. The first kappa shape index (κ1) is 14.9. The first-order valence-electron chi connectivity index (χ1n) is 6.11. The molecule has 0 aliphatic carbocycles. The summed E-state index contributed by atoms with van der Waals surface area (Å²) in [5.74, 6) is 0.710. The Morgan fingerprint density at radius 1 is 1.13 bits per heavy atom. The maximum absolute atomic E-state index is 3.56. The van der Waals surface area contributed by atoms with Crippen LogP contribution < -0.4 is 5.32 Å². The standard InChI is InChI=1S/C13H30N2/c1-11(2)12(15(6)7)10-14-9-8-13(3,4)5/h11-12,14H,8-10H2,1-7H3. The van der Waals surface area contributed by atoms with E-state index in [1.54, 1.807) is 0 Å². The molecule has 0 aliphatic heterocycles. The van der Waals surface area contributed by atoms with Crippen molar-refractivity contribution in [3.63, 3.8) is 0 Å². The third kappa shape index (κ3) is 7.80. The highest BCUT2D eigenvalue weighted by Crippen LogP contribution is 2.17. The molecular formula is C13H30N2. The van der Waals surface area contributed by atoms with E-state index in [4.69, 9.17) is 0 Å². The van der Waals surface area contributed by atoms with E-state index in [1.165, 1.54) is 6.42 Å². The molecule has 15 heavy (non-hydrogen) atoms. The fourth-order valence-electron chi connectivity index (χ4n) is 1.73. The van der Waals surface area contributed by atoms with Crippen molar-refractivity contribution in [2.24, 2.45) is 11.3 Å². The summed E-state index contributed by atoms with van der Waals surface area (Å²) in [6, 6.07) is 0.643. The molecule has 92 valence electrons. The van der Waals surface area contributed by atoms with Crippen molar-refractivity contribution in [2.45, 2.75) is 47.1 Å². The van der Waals surface area contributed by atoms with Crippen LogP contribution in [-0.2, 0) is 0 Å². The summed E-state index contributed by atoms with van der Waals surface area (Å²) in [5, 5.41) is 3.56. The molecular weight excluding hydrogens is 184 g/mol. The van der Waals surface area contributed by atoms with Crippen LogP contribution in [0.2, 0.25) is 0 Å². The van der Waals surface area contributed by atoms with Gasteiger partial charge in [-0.2, -0.15) is 0 Å². The van der Waals surface area contributed by atoms with Crippen molar-refractivity contribution in [3.05, 3.63) is 0 Å². The van der Waals surface area contributed by atoms with Gasteiger partial charge in [-0.15, -0.1) is 0 Å². The Kier molecular flexibility index (Phi) is 6.46. The second-order valence-electron chi connectivity index (χ2n) is 6.29. The van der Waals surface area contributed by atoms with Gasteiger partial charge in [0, 0.05) is 12.6 Å². The summed E-state index contributed by atoms with van der Waals surface area (Å²) >= 11 is 0. The zero-order valence-corrected chi connectivity index (χ0v) is 11.7. The molecule has 0 saturated carbocycles. The lowest BCUT2D eigenvalue weighted by molar-refractivity contribution is 0.221. The Labute approximate surface area is 96.4 Å². The van der Waals surface area contributed by atoms with E-state index in [1.807, 2.05) is 0 Å². The minimum atomic E-state index is 0.443. The van der Waals surface area contributed by atoms with Crippen molar-refractivity contribution < 1.29 is 0 Å². The average Bonchev–Trinajstić information content (AvgIpc) is 2.00. The number of hydrogen-bond donors (Lipinski definition) is 1. The molecule has 0 heterocycles. The van der Waals surface area contributed by atoms with Crippen LogP contribution in [0, 0.1) is 11.3 Å². The van der Waals surface area contributed by atoms with Gasteiger partial charge < -0.3 is 10.2 Å². The SMILES string of the molecule is CC(C)C(CNCCC(C)(C)C)N(C)C. The molecule has 0 aliphatic rings. The predicted molar refractivity (Wildman–Crippen MR) is 69.3 cm³/mol. The van der Waals surface area contributed by atoms with Crippen LogP contribution in [0.3, 0.4) is 0 Å².